The maximum Gasteiger partial charge on any atom is 0.322 e. The topological polar surface area (TPSA) is 26.3 Å². The molecule has 0 fully saturated rings. The van der Waals surface area contributed by atoms with Gasteiger partial charge in [-0.25, -0.2) is 0 Å². The standard InChI is InChI=1S/C12H11IO2/c1-12(2)10(13)9(15-11(12)14)8-6-4-3-5-7-8/h3-7H,1-2H3. The molecule has 15 heavy (non-hydrogen) atoms. The van der Waals surface area contributed by atoms with Crippen molar-refractivity contribution in [3.05, 3.63) is 39.5 Å². The highest BCUT2D eigenvalue weighted by molar-refractivity contribution is 14.1. The van der Waals surface area contributed by atoms with Crippen molar-refractivity contribution in [2.75, 3.05) is 0 Å². The number of esters is 1. The van der Waals surface area contributed by atoms with E-state index < -0.39 is 5.41 Å². The Morgan fingerprint density at radius 2 is 1.80 bits per heavy atom. The van der Waals surface area contributed by atoms with Crippen LogP contribution in [0.2, 0.25) is 0 Å². The van der Waals surface area contributed by atoms with Crippen LogP contribution in [0.3, 0.4) is 0 Å². The highest BCUT2D eigenvalue weighted by atomic mass is 127. The van der Waals surface area contributed by atoms with Crippen molar-refractivity contribution >= 4 is 34.3 Å². The first-order chi connectivity index (χ1) is 7.03. The molecule has 1 aromatic rings. The maximum absolute atomic E-state index is 11.6. The van der Waals surface area contributed by atoms with E-state index in [1.807, 2.05) is 44.2 Å². The van der Waals surface area contributed by atoms with Gasteiger partial charge in [0.05, 0.1) is 8.99 Å². The largest absolute Gasteiger partial charge is 0.424 e. The van der Waals surface area contributed by atoms with Crippen molar-refractivity contribution in [1.82, 2.24) is 0 Å². The van der Waals surface area contributed by atoms with Crippen LogP contribution in [0.15, 0.2) is 33.9 Å². The zero-order valence-electron chi connectivity index (χ0n) is 8.58. The van der Waals surface area contributed by atoms with Gasteiger partial charge in [0.2, 0.25) is 0 Å². The van der Waals surface area contributed by atoms with Crippen molar-refractivity contribution in [2.24, 2.45) is 5.41 Å². The highest BCUT2D eigenvalue weighted by Gasteiger charge is 2.42. The van der Waals surface area contributed by atoms with Gasteiger partial charge in [-0.2, -0.15) is 0 Å². The number of ether oxygens (including phenoxy) is 1. The Morgan fingerprint density at radius 3 is 2.27 bits per heavy atom. The van der Waals surface area contributed by atoms with Crippen LogP contribution in [0.5, 0.6) is 0 Å². The predicted octanol–water partition coefficient (Wildman–Crippen LogP) is 3.37. The van der Waals surface area contributed by atoms with Gasteiger partial charge in [0.25, 0.3) is 0 Å². The maximum atomic E-state index is 11.6. The zero-order chi connectivity index (χ0) is 11.1. The third-order valence-electron chi connectivity index (χ3n) is 2.49. The monoisotopic (exact) mass is 314 g/mol. The summed E-state index contributed by atoms with van der Waals surface area (Å²) in [4.78, 5) is 11.6. The summed E-state index contributed by atoms with van der Waals surface area (Å²) in [5, 5.41) is 0. The molecular weight excluding hydrogens is 303 g/mol. The molecule has 1 aliphatic rings. The number of carbonyl (C=O) groups excluding carboxylic acids is 1. The molecule has 0 amide bonds. The first-order valence-electron chi connectivity index (χ1n) is 4.71. The SMILES string of the molecule is CC1(C)C(=O)OC(c2ccccc2)=C1I. The highest BCUT2D eigenvalue weighted by Crippen LogP contribution is 2.45. The summed E-state index contributed by atoms with van der Waals surface area (Å²) in [6.07, 6.45) is 0. The molecule has 0 unspecified atom stereocenters. The lowest BCUT2D eigenvalue weighted by Crippen LogP contribution is -2.19. The second-order valence-corrected chi connectivity index (χ2v) is 5.10. The van der Waals surface area contributed by atoms with E-state index >= 15 is 0 Å². The van der Waals surface area contributed by atoms with Crippen molar-refractivity contribution in [3.63, 3.8) is 0 Å². The number of halogens is 1. The van der Waals surface area contributed by atoms with Crippen LogP contribution < -0.4 is 0 Å². The van der Waals surface area contributed by atoms with Crippen molar-refractivity contribution in [3.8, 4) is 0 Å². The molecule has 0 saturated heterocycles. The van der Waals surface area contributed by atoms with Crippen LogP contribution in [-0.4, -0.2) is 5.97 Å². The fraction of sp³-hybridized carbons (Fsp3) is 0.250. The van der Waals surface area contributed by atoms with E-state index in [1.165, 1.54) is 0 Å². The predicted molar refractivity (Wildman–Crippen MR) is 67.3 cm³/mol. The summed E-state index contributed by atoms with van der Waals surface area (Å²) in [7, 11) is 0. The molecule has 0 bridgehead atoms. The summed E-state index contributed by atoms with van der Waals surface area (Å²) in [5.41, 5.74) is 0.451. The molecule has 78 valence electrons. The van der Waals surface area contributed by atoms with Crippen LogP contribution in [-0.2, 0) is 9.53 Å². The summed E-state index contributed by atoms with van der Waals surface area (Å²) in [6.45, 7) is 3.76. The van der Waals surface area contributed by atoms with E-state index in [4.69, 9.17) is 4.74 Å². The second kappa shape index (κ2) is 3.63. The molecule has 1 aliphatic heterocycles. The lowest BCUT2D eigenvalue weighted by atomic mass is 9.94. The molecule has 0 radical (unpaired) electrons. The third-order valence-corrected chi connectivity index (χ3v) is 4.33. The summed E-state index contributed by atoms with van der Waals surface area (Å²) >= 11 is 2.19. The number of rotatable bonds is 1. The van der Waals surface area contributed by atoms with Crippen LogP contribution in [0.1, 0.15) is 19.4 Å². The number of cyclic esters (lactones) is 1. The van der Waals surface area contributed by atoms with E-state index in [2.05, 4.69) is 22.6 Å². The normalized spacial score (nSPS) is 19.3. The van der Waals surface area contributed by atoms with Crippen molar-refractivity contribution < 1.29 is 9.53 Å². The van der Waals surface area contributed by atoms with E-state index in [-0.39, 0.29) is 5.97 Å². The Morgan fingerprint density at radius 1 is 1.20 bits per heavy atom. The first-order valence-corrected chi connectivity index (χ1v) is 5.79. The second-order valence-electron chi connectivity index (χ2n) is 4.02. The third kappa shape index (κ3) is 1.69. The van der Waals surface area contributed by atoms with Crippen molar-refractivity contribution in [2.45, 2.75) is 13.8 Å². The van der Waals surface area contributed by atoms with Crippen LogP contribution in [0.4, 0.5) is 0 Å². The number of hydrogen-bond acceptors (Lipinski definition) is 2. The number of carbonyl (C=O) groups is 1. The zero-order valence-corrected chi connectivity index (χ0v) is 10.7. The Balaban J connectivity index is 2.49. The van der Waals surface area contributed by atoms with E-state index in [1.54, 1.807) is 0 Å². The minimum atomic E-state index is -0.508. The molecule has 3 heteroatoms. The molecule has 0 saturated carbocycles. The molecule has 2 rings (SSSR count). The average Bonchev–Trinajstić information content (AvgIpc) is 2.44. The van der Waals surface area contributed by atoms with Gasteiger partial charge in [-0.3, -0.25) is 4.79 Å². The molecule has 2 nitrogen and oxygen atoms in total. The molecule has 0 N–H and O–H groups in total. The van der Waals surface area contributed by atoms with Gasteiger partial charge in [-0.1, -0.05) is 30.3 Å². The fourth-order valence-corrected chi connectivity index (χ4v) is 2.06. The number of hydrogen-bond donors (Lipinski definition) is 0. The molecule has 0 aromatic heterocycles. The van der Waals surface area contributed by atoms with Gasteiger partial charge >= 0.3 is 5.97 Å². The smallest absolute Gasteiger partial charge is 0.322 e. The molecule has 0 aliphatic carbocycles. The fourth-order valence-electron chi connectivity index (χ4n) is 1.41. The van der Waals surface area contributed by atoms with Gasteiger partial charge in [-0.15, -0.1) is 0 Å². The average molecular weight is 314 g/mol. The Hall–Kier alpha value is -0.840. The van der Waals surface area contributed by atoms with Gasteiger partial charge in [0.1, 0.15) is 5.76 Å². The number of benzene rings is 1. The molecule has 0 spiro atoms. The van der Waals surface area contributed by atoms with Gasteiger partial charge < -0.3 is 4.74 Å². The van der Waals surface area contributed by atoms with E-state index in [9.17, 15) is 4.79 Å². The lowest BCUT2D eigenvalue weighted by Gasteiger charge is -2.11. The minimum absolute atomic E-state index is 0.175. The van der Waals surface area contributed by atoms with Crippen LogP contribution in [0, 0.1) is 5.41 Å². The van der Waals surface area contributed by atoms with E-state index in [0.717, 1.165) is 9.14 Å². The van der Waals surface area contributed by atoms with Crippen LogP contribution >= 0.6 is 22.6 Å². The van der Waals surface area contributed by atoms with Crippen LogP contribution in [0.25, 0.3) is 5.76 Å². The first kappa shape index (κ1) is 10.7. The molecular formula is C12H11IO2. The lowest BCUT2D eigenvalue weighted by molar-refractivity contribution is -0.141. The van der Waals surface area contributed by atoms with Gasteiger partial charge in [0, 0.05) is 5.56 Å². The Bertz CT molecular complexity index is 432. The van der Waals surface area contributed by atoms with E-state index in [0.29, 0.717) is 5.76 Å². The quantitative estimate of drug-likeness (QED) is 0.587. The van der Waals surface area contributed by atoms with Gasteiger partial charge in [-0.05, 0) is 36.4 Å². The summed E-state index contributed by atoms with van der Waals surface area (Å²) in [6, 6.07) is 9.71. The molecule has 1 aromatic carbocycles. The Labute approximate surface area is 102 Å². The Kier molecular flexibility index (Phi) is 2.58. The van der Waals surface area contributed by atoms with Crippen molar-refractivity contribution in [1.29, 1.82) is 0 Å². The summed E-state index contributed by atoms with van der Waals surface area (Å²) in [5.74, 6) is 0.525. The molecule has 0 atom stereocenters. The minimum Gasteiger partial charge on any atom is -0.424 e. The molecule has 1 heterocycles. The van der Waals surface area contributed by atoms with Gasteiger partial charge in [0.15, 0.2) is 0 Å². The summed E-state index contributed by atoms with van der Waals surface area (Å²) < 4.78 is 6.28.